The van der Waals surface area contributed by atoms with Crippen molar-refractivity contribution in [2.24, 2.45) is 0 Å². The van der Waals surface area contributed by atoms with E-state index >= 15 is 0 Å². The van der Waals surface area contributed by atoms with Gasteiger partial charge in [0.05, 0.1) is 6.54 Å². The molecule has 0 amide bonds. The third-order valence-corrected chi connectivity index (χ3v) is 3.52. The van der Waals surface area contributed by atoms with E-state index < -0.39 is 11.6 Å². The molecule has 0 radical (unpaired) electrons. The number of nitrogens with zero attached hydrogens (tertiary/aromatic N) is 2. The van der Waals surface area contributed by atoms with E-state index in [2.05, 4.69) is 16.7 Å². The average molecular weight is 268 g/mol. The Balaban J connectivity index is 1.92. The van der Waals surface area contributed by atoms with Gasteiger partial charge in [0.15, 0.2) is 17.4 Å². The van der Waals surface area contributed by atoms with Gasteiger partial charge in [-0.05, 0) is 24.7 Å². The summed E-state index contributed by atoms with van der Waals surface area (Å²) in [6, 6.07) is 3.31. The maximum absolute atomic E-state index is 13.1. The number of hydrogen-bond donors (Lipinski definition) is 0. The van der Waals surface area contributed by atoms with E-state index in [1.165, 1.54) is 6.07 Å². The zero-order chi connectivity index (χ0) is 13.8. The molecule has 1 aromatic carbocycles. The van der Waals surface area contributed by atoms with Crippen LogP contribution in [0.1, 0.15) is 17.3 Å². The maximum Gasteiger partial charge on any atom is 0.176 e. The number of rotatable bonds is 4. The van der Waals surface area contributed by atoms with Crippen LogP contribution in [-0.2, 0) is 0 Å². The van der Waals surface area contributed by atoms with Crippen LogP contribution >= 0.6 is 0 Å². The summed E-state index contributed by atoms with van der Waals surface area (Å²) in [6.07, 6.45) is 0. The highest BCUT2D eigenvalue weighted by molar-refractivity contribution is 5.97. The second kappa shape index (κ2) is 6.21. The molecule has 104 valence electrons. The first-order valence-electron chi connectivity index (χ1n) is 6.53. The van der Waals surface area contributed by atoms with Crippen molar-refractivity contribution in [3.63, 3.8) is 0 Å². The molecule has 0 aromatic heterocycles. The summed E-state index contributed by atoms with van der Waals surface area (Å²) in [5.41, 5.74) is 0.233. The molecule has 0 saturated carbocycles. The number of ketones is 1. The van der Waals surface area contributed by atoms with Gasteiger partial charge < -0.3 is 4.90 Å². The Kier molecular flexibility index (Phi) is 4.61. The average Bonchev–Trinajstić information content (AvgIpc) is 2.42. The predicted molar refractivity (Wildman–Crippen MR) is 69.2 cm³/mol. The first-order valence-corrected chi connectivity index (χ1v) is 6.53. The van der Waals surface area contributed by atoms with Crippen LogP contribution in [0.25, 0.3) is 0 Å². The molecule has 1 saturated heterocycles. The largest absolute Gasteiger partial charge is 0.301 e. The lowest BCUT2D eigenvalue weighted by Gasteiger charge is -2.33. The zero-order valence-electron chi connectivity index (χ0n) is 11.0. The van der Waals surface area contributed by atoms with Crippen molar-refractivity contribution in [1.29, 1.82) is 0 Å². The van der Waals surface area contributed by atoms with E-state index in [4.69, 9.17) is 0 Å². The van der Waals surface area contributed by atoms with Crippen LogP contribution in [0.2, 0.25) is 0 Å². The van der Waals surface area contributed by atoms with Crippen molar-refractivity contribution in [1.82, 2.24) is 9.80 Å². The summed E-state index contributed by atoms with van der Waals surface area (Å²) in [5, 5.41) is 0. The minimum atomic E-state index is -0.971. The lowest BCUT2D eigenvalue weighted by Crippen LogP contribution is -2.47. The second-order valence-electron chi connectivity index (χ2n) is 4.76. The highest BCUT2D eigenvalue weighted by Gasteiger charge is 2.19. The fourth-order valence-electron chi connectivity index (χ4n) is 2.23. The van der Waals surface area contributed by atoms with Crippen LogP contribution in [0.4, 0.5) is 8.78 Å². The Bertz CT molecular complexity index is 457. The molecule has 2 rings (SSSR count). The number of carbonyl (C=O) groups is 1. The monoisotopic (exact) mass is 268 g/mol. The van der Waals surface area contributed by atoms with Gasteiger partial charge in [-0.15, -0.1) is 0 Å². The molecule has 5 heteroatoms. The standard InChI is InChI=1S/C14H18F2N2O/c1-2-17-5-7-18(8-6-17)10-14(19)11-3-4-12(15)13(16)9-11/h3-4,9H,2,5-8,10H2,1H3. The molecule has 0 N–H and O–H groups in total. The van der Waals surface area contributed by atoms with Crippen molar-refractivity contribution < 1.29 is 13.6 Å². The van der Waals surface area contributed by atoms with Gasteiger partial charge in [-0.1, -0.05) is 6.92 Å². The highest BCUT2D eigenvalue weighted by atomic mass is 19.2. The first kappa shape index (κ1) is 14.1. The molecule has 1 heterocycles. The lowest BCUT2D eigenvalue weighted by atomic mass is 10.1. The van der Waals surface area contributed by atoms with Crippen LogP contribution < -0.4 is 0 Å². The molecule has 0 atom stereocenters. The zero-order valence-corrected chi connectivity index (χ0v) is 11.0. The number of likely N-dealkylation sites (N-methyl/N-ethyl adjacent to an activating group) is 1. The van der Waals surface area contributed by atoms with E-state index in [9.17, 15) is 13.6 Å². The Morgan fingerprint density at radius 3 is 2.32 bits per heavy atom. The smallest absolute Gasteiger partial charge is 0.176 e. The van der Waals surface area contributed by atoms with Crippen LogP contribution in [0.15, 0.2) is 18.2 Å². The third kappa shape index (κ3) is 3.58. The fraction of sp³-hybridized carbons (Fsp3) is 0.500. The molecule has 3 nitrogen and oxygen atoms in total. The van der Waals surface area contributed by atoms with Gasteiger partial charge in [-0.2, -0.15) is 0 Å². The molecule has 1 aliphatic heterocycles. The van der Waals surface area contributed by atoms with Crippen molar-refractivity contribution in [2.75, 3.05) is 39.3 Å². The summed E-state index contributed by atoms with van der Waals surface area (Å²) in [6.45, 7) is 6.96. The molecule has 1 aromatic rings. The van der Waals surface area contributed by atoms with E-state index in [1.54, 1.807) is 0 Å². The molecule has 0 bridgehead atoms. The Labute approximate surface area is 111 Å². The molecule has 0 aliphatic carbocycles. The van der Waals surface area contributed by atoms with Gasteiger partial charge in [0.2, 0.25) is 0 Å². The summed E-state index contributed by atoms with van der Waals surface area (Å²) in [7, 11) is 0. The van der Waals surface area contributed by atoms with E-state index in [0.717, 1.165) is 44.9 Å². The molecule has 0 spiro atoms. The SMILES string of the molecule is CCN1CCN(CC(=O)c2ccc(F)c(F)c2)CC1. The van der Waals surface area contributed by atoms with Crippen molar-refractivity contribution in [3.05, 3.63) is 35.4 Å². The molecular weight excluding hydrogens is 250 g/mol. The number of carbonyl (C=O) groups excluding carboxylic acids is 1. The van der Waals surface area contributed by atoms with E-state index in [1.807, 2.05) is 0 Å². The van der Waals surface area contributed by atoms with Gasteiger partial charge in [0.25, 0.3) is 0 Å². The Morgan fingerprint density at radius 2 is 1.74 bits per heavy atom. The minimum Gasteiger partial charge on any atom is -0.301 e. The molecule has 1 fully saturated rings. The van der Waals surface area contributed by atoms with Crippen LogP contribution in [0.5, 0.6) is 0 Å². The molecule has 0 unspecified atom stereocenters. The minimum absolute atomic E-state index is 0.163. The maximum atomic E-state index is 13.1. The quantitative estimate of drug-likeness (QED) is 0.778. The predicted octanol–water partition coefficient (Wildman–Crippen LogP) is 1.78. The van der Waals surface area contributed by atoms with Gasteiger partial charge in [0, 0.05) is 31.7 Å². The summed E-state index contributed by atoms with van der Waals surface area (Å²) in [5.74, 6) is -2.06. The van der Waals surface area contributed by atoms with Gasteiger partial charge in [-0.25, -0.2) is 8.78 Å². The number of hydrogen-bond acceptors (Lipinski definition) is 3. The van der Waals surface area contributed by atoms with Crippen molar-refractivity contribution >= 4 is 5.78 Å². The van der Waals surface area contributed by atoms with Gasteiger partial charge in [0.1, 0.15) is 0 Å². The van der Waals surface area contributed by atoms with Crippen LogP contribution in [0.3, 0.4) is 0 Å². The third-order valence-electron chi connectivity index (χ3n) is 3.52. The number of Topliss-reactive ketones (excluding diaryl/α,β-unsaturated/α-hetero) is 1. The number of halogens is 2. The molecular formula is C14H18F2N2O. The Morgan fingerprint density at radius 1 is 1.11 bits per heavy atom. The lowest BCUT2D eigenvalue weighted by molar-refractivity contribution is 0.0858. The summed E-state index contributed by atoms with van der Waals surface area (Å²) >= 11 is 0. The van der Waals surface area contributed by atoms with Crippen LogP contribution in [-0.4, -0.2) is 54.9 Å². The van der Waals surface area contributed by atoms with Gasteiger partial charge in [-0.3, -0.25) is 9.69 Å². The second-order valence-corrected chi connectivity index (χ2v) is 4.76. The summed E-state index contributed by atoms with van der Waals surface area (Å²) < 4.78 is 25.9. The Hall–Kier alpha value is -1.33. The van der Waals surface area contributed by atoms with Crippen molar-refractivity contribution in [3.8, 4) is 0 Å². The molecule has 19 heavy (non-hydrogen) atoms. The first-order chi connectivity index (χ1) is 9.10. The fourth-order valence-corrected chi connectivity index (χ4v) is 2.23. The number of benzene rings is 1. The highest BCUT2D eigenvalue weighted by Crippen LogP contribution is 2.10. The van der Waals surface area contributed by atoms with Crippen molar-refractivity contribution in [2.45, 2.75) is 6.92 Å². The van der Waals surface area contributed by atoms with E-state index in [-0.39, 0.29) is 17.9 Å². The molecule has 1 aliphatic rings. The number of piperazine rings is 1. The van der Waals surface area contributed by atoms with E-state index in [0.29, 0.717) is 0 Å². The van der Waals surface area contributed by atoms with Crippen LogP contribution in [0, 0.1) is 11.6 Å². The van der Waals surface area contributed by atoms with Gasteiger partial charge >= 0.3 is 0 Å². The topological polar surface area (TPSA) is 23.6 Å². The summed E-state index contributed by atoms with van der Waals surface area (Å²) in [4.78, 5) is 16.4. The normalized spacial score (nSPS) is 17.6.